The third-order valence-electron chi connectivity index (χ3n) is 3.14. The van der Waals surface area contributed by atoms with Crippen molar-refractivity contribution in [2.75, 3.05) is 11.9 Å². The molecule has 102 valence electrons. The van der Waals surface area contributed by atoms with Gasteiger partial charge in [0.1, 0.15) is 11.6 Å². The standard InChI is InChI=1S/C15H11BrFNO2/c16-12-3-1-2-11(14(12)17)15(19)18-10-4-5-13-9(8-10)6-7-20-13/h1-5,8H,6-7H2,(H,18,19). The van der Waals surface area contributed by atoms with Crippen LogP contribution in [0.25, 0.3) is 0 Å². The fourth-order valence-corrected chi connectivity index (χ4v) is 2.51. The second kappa shape index (κ2) is 5.25. The Balaban J connectivity index is 1.84. The summed E-state index contributed by atoms with van der Waals surface area (Å²) in [5, 5.41) is 2.70. The minimum absolute atomic E-state index is 0.0103. The zero-order chi connectivity index (χ0) is 14.1. The molecule has 20 heavy (non-hydrogen) atoms. The van der Waals surface area contributed by atoms with Gasteiger partial charge in [0.25, 0.3) is 5.91 Å². The summed E-state index contributed by atoms with van der Waals surface area (Å²) in [6.45, 7) is 0.660. The van der Waals surface area contributed by atoms with Crippen LogP contribution in [0.4, 0.5) is 10.1 Å². The number of ether oxygens (including phenoxy) is 1. The van der Waals surface area contributed by atoms with Crippen LogP contribution in [0.15, 0.2) is 40.9 Å². The van der Waals surface area contributed by atoms with Crippen LogP contribution in [-0.4, -0.2) is 12.5 Å². The molecule has 3 rings (SSSR count). The van der Waals surface area contributed by atoms with E-state index in [0.717, 1.165) is 17.7 Å². The number of amides is 1. The third-order valence-corrected chi connectivity index (χ3v) is 3.76. The van der Waals surface area contributed by atoms with Gasteiger partial charge in [-0.2, -0.15) is 0 Å². The Hall–Kier alpha value is -1.88. The minimum Gasteiger partial charge on any atom is -0.493 e. The van der Waals surface area contributed by atoms with Gasteiger partial charge in [-0.05, 0) is 51.8 Å². The first-order valence-corrected chi connectivity index (χ1v) is 6.95. The summed E-state index contributed by atoms with van der Waals surface area (Å²) in [5.41, 5.74) is 1.70. The number of hydrogen-bond acceptors (Lipinski definition) is 2. The lowest BCUT2D eigenvalue weighted by atomic mass is 10.1. The zero-order valence-corrected chi connectivity index (χ0v) is 12.0. The monoisotopic (exact) mass is 335 g/mol. The molecule has 1 aliphatic rings. The number of fused-ring (bicyclic) bond motifs is 1. The van der Waals surface area contributed by atoms with E-state index < -0.39 is 11.7 Å². The molecule has 0 saturated carbocycles. The number of anilines is 1. The average Bonchev–Trinajstić information content (AvgIpc) is 2.89. The molecular formula is C15H11BrFNO2. The minimum atomic E-state index is -0.561. The van der Waals surface area contributed by atoms with E-state index in [2.05, 4.69) is 21.2 Å². The van der Waals surface area contributed by atoms with Crippen molar-refractivity contribution in [1.29, 1.82) is 0 Å². The van der Waals surface area contributed by atoms with Crippen LogP contribution in [0.2, 0.25) is 0 Å². The molecule has 0 unspecified atom stereocenters. The predicted molar refractivity (Wildman–Crippen MR) is 77.7 cm³/mol. The molecule has 1 N–H and O–H groups in total. The number of rotatable bonds is 2. The SMILES string of the molecule is O=C(Nc1ccc2c(c1)CCO2)c1cccc(Br)c1F. The van der Waals surface area contributed by atoms with Crippen molar-refractivity contribution in [3.05, 3.63) is 57.8 Å². The first kappa shape index (κ1) is 13.1. The molecule has 0 aromatic heterocycles. The molecule has 3 nitrogen and oxygen atoms in total. The van der Waals surface area contributed by atoms with Crippen molar-refractivity contribution in [3.63, 3.8) is 0 Å². The van der Waals surface area contributed by atoms with Gasteiger partial charge in [0, 0.05) is 12.1 Å². The van der Waals surface area contributed by atoms with Gasteiger partial charge in [0.15, 0.2) is 0 Å². The molecule has 0 fully saturated rings. The highest BCUT2D eigenvalue weighted by atomic mass is 79.9. The first-order chi connectivity index (χ1) is 9.65. The normalized spacial score (nSPS) is 12.7. The van der Waals surface area contributed by atoms with Gasteiger partial charge in [-0.1, -0.05) is 6.07 Å². The molecule has 0 radical (unpaired) electrons. The van der Waals surface area contributed by atoms with E-state index in [9.17, 15) is 9.18 Å². The van der Waals surface area contributed by atoms with Gasteiger partial charge in [-0.3, -0.25) is 4.79 Å². The fraction of sp³-hybridized carbons (Fsp3) is 0.133. The summed E-state index contributed by atoms with van der Waals surface area (Å²) in [6.07, 6.45) is 0.824. The Kier molecular flexibility index (Phi) is 3.44. The Morgan fingerprint density at radius 2 is 2.15 bits per heavy atom. The number of carbonyl (C=O) groups excluding carboxylic acids is 1. The molecule has 1 heterocycles. The maximum Gasteiger partial charge on any atom is 0.258 e. The summed E-state index contributed by atoms with van der Waals surface area (Å²) >= 11 is 3.07. The maximum absolute atomic E-state index is 13.8. The van der Waals surface area contributed by atoms with E-state index in [1.54, 1.807) is 18.2 Å². The average molecular weight is 336 g/mol. The summed E-state index contributed by atoms with van der Waals surface area (Å²) in [4.78, 5) is 12.1. The van der Waals surface area contributed by atoms with Crippen LogP contribution in [0.3, 0.4) is 0 Å². The molecule has 1 amide bonds. The summed E-state index contributed by atoms with van der Waals surface area (Å²) in [5.74, 6) is -0.186. The summed E-state index contributed by atoms with van der Waals surface area (Å²) < 4.78 is 19.5. The molecule has 0 atom stereocenters. The molecule has 0 saturated heterocycles. The van der Waals surface area contributed by atoms with Crippen LogP contribution >= 0.6 is 15.9 Å². The van der Waals surface area contributed by atoms with E-state index in [0.29, 0.717) is 12.3 Å². The molecule has 0 aliphatic carbocycles. The molecule has 0 spiro atoms. The quantitative estimate of drug-likeness (QED) is 0.907. The van der Waals surface area contributed by atoms with E-state index in [4.69, 9.17) is 4.74 Å². The molecule has 2 aromatic carbocycles. The van der Waals surface area contributed by atoms with Gasteiger partial charge < -0.3 is 10.1 Å². The Morgan fingerprint density at radius 1 is 1.30 bits per heavy atom. The number of halogens is 2. The van der Waals surface area contributed by atoms with Gasteiger partial charge in [-0.25, -0.2) is 4.39 Å². The summed E-state index contributed by atoms with van der Waals surface area (Å²) in [6, 6.07) is 10.0. The van der Waals surface area contributed by atoms with Crippen molar-refractivity contribution in [2.45, 2.75) is 6.42 Å². The highest BCUT2D eigenvalue weighted by molar-refractivity contribution is 9.10. The van der Waals surface area contributed by atoms with Crippen LogP contribution in [0.1, 0.15) is 15.9 Å². The van der Waals surface area contributed by atoms with Gasteiger partial charge in [0.05, 0.1) is 16.6 Å². The fourth-order valence-electron chi connectivity index (χ4n) is 2.14. The van der Waals surface area contributed by atoms with Crippen molar-refractivity contribution in [3.8, 4) is 5.75 Å². The van der Waals surface area contributed by atoms with Crippen molar-refractivity contribution in [2.24, 2.45) is 0 Å². The van der Waals surface area contributed by atoms with E-state index in [1.807, 2.05) is 12.1 Å². The molecular weight excluding hydrogens is 325 g/mol. The van der Waals surface area contributed by atoms with E-state index >= 15 is 0 Å². The van der Waals surface area contributed by atoms with E-state index in [-0.39, 0.29) is 10.0 Å². The van der Waals surface area contributed by atoms with Gasteiger partial charge in [0.2, 0.25) is 0 Å². The zero-order valence-electron chi connectivity index (χ0n) is 10.5. The largest absolute Gasteiger partial charge is 0.493 e. The lowest BCUT2D eigenvalue weighted by molar-refractivity contribution is 0.102. The van der Waals surface area contributed by atoms with Crippen molar-refractivity contribution in [1.82, 2.24) is 0 Å². The van der Waals surface area contributed by atoms with Gasteiger partial charge >= 0.3 is 0 Å². The topological polar surface area (TPSA) is 38.3 Å². The second-order valence-electron chi connectivity index (χ2n) is 4.48. The predicted octanol–water partition coefficient (Wildman–Crippen LogP) is 3.78. The number of benzene rings is 2. The lowest BCUT2D eigenvalue weighted by Gasteiger charge is -2.08. The van der Waals surface area contributed by atoms with E-state index in [1.165, 1.54) is 6.07 Å². The van der Waals surface area contributed by atoms with Crippen LogP contribution in [0, 0.1) is 5.82 Å². The Bertz CT molecular complexity index is 688. The first-order valence-electron chi connectivity index (χ1n) is 6.16. The number of carbonyl (C=O) groups is 1. The molecule has 5 heteroatoms. The van der Waals surface area contributed by atoms with Gasteiger partial charge in [-0.15, -0.1) is 0 Å². The second-order valence-corrected chi connectivity index (χ2v) is 5.33. The Morgan fingerprint density at radius 3 is 3.00 bits per heavy atom. The summed E-state index contributed by atoms with van der Waals surface area (Å²) in [7, 11) is 0. The highest BCUT2D eigenvalue weighted by Crippen LogP contribution is 2.28. The Labute approximate surface area is 123 Å². The maximum atomic E-state index is 13.8. The number of hydrogen-bond donors (Lipinski definition) is 1. The number of nitrogens with one attached hydrogen (secondary N) is 1. The van der Waals surface area contributed by atoms with Crippen LogP contribution in [-0.2, 0) is 6.42 Å². The third kappa shape index (κ3) is 2.41. The lowest BCUT2D eigenvalue weighted by Crippen LogP contribution is -2.14. The van der Waals surface area contributed by atoms with Crippen LogP contribution < -0.4 is 10.1 Å². The highest BCUT2D eigenvalue weighted by Gasteiger charge is 2.16. The molecule has 0 bridgehead atoms. The van der Waals surface area contributed by atoms with Crippen molar-refractivity contribution < 1.29 is 13.9 Å². The molecule has 1 aliphatic heterocycles. The van der Waals surface area contributed by atoms with Crippen LogP contribution in [0.5, 0.6) is 5.75 Å². The molecule has 2 aromatic rings. The smallest absolute Gasteiger partial charge is 0.258 e. The van der Waals surface area contributed by atoms with Crippen molar-refractivity contribution >= 4 is 27.5 Å².